The van der Waals surface area contributed by atoms with Crippen molar-refractivity contribution in [3.05, 3.63) is 17.5 Å². The molecule has 2 rings (SSSR count). The molecular formula is C13H22N4O2. The summed E-state index contributed by atoms with van der Waals surface area (Å²) in [5, 5.41) is 4.33. The van der Waals surface area contributed by atoms with Crippen LogP contribution in [0.2, 0.25) is 0 Å². The van der Waals surface area contributed by atoms with Crippen molar-refractivity contribution in [2.45, 2.75) is 39.0 Å². The van der Waals surface area contributed by atoms with E-state index in [1.165, 1.54) is 0 Å². The van der Waals surface area contributed by atoms with Crippen LogP contribution in [-0.4, -0.2) is 52.9 Å². The average molecular weight is 266 g/mol. The molecule has 0 radical (unpaired) electrons. The van der Waals surface area contributed by atoms with Crippen LogP contribution in [-0.2, 0) is 11.3 Å². The summed E-state index contributed by atoms with van der Waals surface area (Å²) < 4.78 is 7.16. The number of nitrogens with two attached hydrogens (primary N) is 1. The molecule has 6 nitrogen and oxygen atoms in total. The molecule has 0 aliphatic carbocycles. The van der Waals surface area contributed by atoms with E-state index in [2.05, 4.69) is 5.10 Å². The number of rotatable bonds is 3. The lowest BCUT2D eigenvalue weighted by Crippen LogP contribution is -2.53. The molecule has 1 amide bonds. The minimum atomic E-state index is -0.0907. The number of aryl methyl sites for hydroxylation is 2. The smallest absolute Gasteiger partial charge is 0.274 e. The first-order chi connectivity index (χ1) is 9.06. The first kappa shape index (κ1) is 14.0. The van der Waals surface area contributed by atoms with Gasteiger partial charge in [0.25, 0.3) is 5.91 Å². The molecule has 1 aliphatic rings. The van der Waals surface area contributed by atoms with E-state index < -0.39 is 0 Å². The normalized spacial score (nSPS) is 23.7. The lowest BCUT2D eigenvalue weighted by molar-refractivity contribution is 0.0159. The van der Waals surface area contributed by atoms with Gasteiger partial charge < -0.3 is 15.4 Å². The lowest BCUT2D eigenvalue weighted by Gasteiger charge is -2.35. The number of methoxy groups -OCH3 is 1. The molecule has 2 heterocycles. The van der Waals surface area contributed by atoms with Gasteiger partial charge in [0, 0.05) is 38.5 Å². The predicted molar refractivity (Wildman–Crippen MR) is 71.9 cm³/mol. The largest absolute Gasteiger partial charge is 0.378 e. The van der Waals surface area contributed by atoms with Gasteiger partial charge in [0.15, 0.2) is 5.69 Å². The van der Waals surface area contributed by atoms with Gasteiger partial charge in [0.05, 0.1) is 6.10 Å². The molecule has 19 heavy (non-hydrogen) atoms. The molecule has 1 aromatic heterocycles. The fourth-order valence-electron chi connectivity index (χ4n) is 2.47. The van der Waals surface area contributed by atoms with Gasteiger partial charge in [-0.3, -0.25) is 9.48 Å². The number of aromatic nitrogens is 2. The fraction of sp³-hybridized carbons (Fsp3) is 0.692. The molecule has 2 N–H and O–H groups in total. The van der Waals surface area contributed by atoms with Crippen LogP contribution in [0, 0.1) is 6.92 Å². The second-order valence-electron chi connectivity index (χ2n) is 4.96. The van der Waals surface area contributed by atoms with Crippen LogP contribution < -0.4 is 5.73 Å². The molecule has 1 aliphatic heterocycles. The van der Waals surface area contributed by atoms with Crippen molar-refractivity contribution in [1.82, 2.24) is 14.7 Å². The molecule has 1 aromatic rings. The molecule has 0 spiro atoms. The van der Waals surface area contributed by atoms with Gasteiger partial charge in [-0.25, -0.2) is 0 Å². The molecule has 0 unspecified atom stereocenters. The third kappa shape index (κ3) is 2.79. The summed E-state index contributed by atoms with van der Waals surface area (Å²) in [7, 11) is 1.63. The number of carbonyl (C=O) groups is 1. The summed E-state index contributed by atoms with van der Waals surface area (Å²) in [6.07, 6.45) is 0.671. The highest BCUT2D eigenvalue weighted by Gasteiger charge is 2.30. The summed E-state index contributed by atoms with van der Waals surface area (Å²) in [4.78, 5) is 14.2. The Hall–Kier alpha value is -1.40. The summed E-state index contributed by atoms with van der Waals surface area (Å²) in [6, 6.07) is 1.84. The maximum Gasteiger partial charge on any atom is 0.274 e. The topological polar surface area (TPSA) is 73.4 Å². The zero-order valence-corrected chi connectivity index (χ0v) is 11.8. The van der Waals surface area contributed by atoms with Crippen molar-refractivity contribution in [1.29, 1.82) is 0 Å². The Morgan fingerprint density at radius 1 is 1.63 bits per heavy atom. The number of likely N-dealkylation sites (tertiary alicyclic amines) is 1. The van der Waals surface area contributed by atoms with Crippen molar-refractivity contribution in [3.63, 3.8) is 0 Å². The van der Waals surface area contributed by atoms with Gasteiger partial charge in [-0.05, 0) is 26.3 Å². The van der Waals surface area contributed by atoms with Crippen LogP contribution in [0.3, 0.4) is 0 Å². The Balaban J connectivity index is 2.10. The lowest BCUT2D eigenvalue weighted by atomic mass is 10.0. The average Bonchev–Trinajstić information content (AvgIpc) is 2.79. The summed E-state index contributed by atoms with van der Waals surface area (Å²) >= 11 is 0. The zero-order valence-electron chi connectivity index (χ0n) is 11.8. The fourth-order valence-corrected chi connectivity index (χ4v) is 2.47. The maximum atomic E-state index is 12.4. The second-order valence-corrected chi connectivity index (χ2v) is 4.96. The summed E-state index contributed by atoms with van der Waals surface area (Å²) in [5.41, 5.74) is 7.46. The summed E-state index contributed by atoms with van der Waals surface area (Å²) in [5.74, 6) is -0.0377. The molecule has 6 heteroatoms. The number of ether oxygens (including phenoxy) is 1. The van der Waals surface area contributed by atoms with Gasteiger partial charge >= 0.3 is 0 Å². The predicted octanol–water partition coefficient (Wildman–Crippen LogP) is 0.400. The van der Waals surface area contributed by atoms with Crippen molar-refractivity contribution in [2.75, 3.05) is 20.2 Å². The monoisotopic (exact) mass is 266 g/mol. The Bertz CT molecular complexity index is 457. The third-order valence-corrected chi connectivity index (χ3v) is 3.70. The van der Waals surface area contributed by atoms with Crippen LogP contribution >= 0.6 is 0 Å². The summed E-state index contributed by atoms with van der Waals surface area (Å²) in [6.45, 7) is 5.93. The van der Waals surface area contributed by atoms with E-state index in [-0.39, 0.29) is 18.1 Å². The molecule has 106 valence electrons. The number of amides is 1. The van der Waals surface area contributed by atoms with E-state index in [0.29, 0.717) is 18.8 Å². The van der Waals surface area contributed by atoms with E-state index in [1.807, 2.05) is 24.6 Å². The van der Waals surface area contributed by atoms with Crippen molar-refractivity contribution in [2.24, 2.45) is 5.73 Å². The minimum Gasteiger partial charge on any atom is -0.378 e. The molecule has 0 bridgehead atoms. The quantitative estimate of drug-likeness (QED) is 0.859. The van der Waals surface area contributed by atoms with Gasteiger partial charge in [0.1, 0.15) is 0 Å². The second kappa shape index (κ2) is 5.71. The molecule has 1 saturated heterocycles. The standard InChI is InChI=1S/C13H22N4O2/c1-4-17-9(2)7-11(15-17)13(18)16-6-5-10(14)12(8-16)19-3/h7,10,12H,4-6,8,14H2,1-3H3/t10-,12+/m1/s1. The Labute approximate surface area is 113 Å². The Morgan fingerprint density at radius 2 is 2.37 bits per heavy atom. The van der Waals surface area contributed by atoms with Crippen molar-refractivity contribution >= 4 is 5.91 Å². The zero-order chi connectivity index (χ0) is 14.0. The van der Waals surface area contributed by atoms with E-state index in [4.69, 9.17) is 10.5 Å². The molecule has 1 fully saturated rings. The van der Waals surface area contributed by atoms with Crippen LogP contribution in [0.1, 0.15) is 29.5 Å². The Morgan fingerprint density at radius 3 is 2.95 bits per heavy atom. The van der Waals surface area contributed by atoms with Gasteiger partial charge in [0.2, 0.25) is 0 Å². The van der Waals surface area contributed by atoms with Crippen LogP contribution in [0.15, 0.2) is 6.07 Å². The third-order valence-electron chi connectivity index (χ3n) is 3.70. The van der Waals surface area contributed by atoms with E-state index in [0.717, 1.165) is 18.7 Å². The van der Waals surface area contributed by atoms with Gasteiger partial charge in [-0.15, -0.1) is 0 Å². The van der Waals surface area contributed by atoms with E-state index >= 15 is 0 Å². The highest BCUT2D eigenvalue weighted by atomic mass is 16.5. The number of piperidine rings is 1. The highest BCUT2D eigenvalue weighted by Crippen LogP contribution is 2.15. The van der Waals surface area contributed by atoms with Crippen LogP contribution in [0.4, 0.5) is 0 Å². The Kier molecular flexibility index (Phi) is 4.21. The van der Waals surface area contributed by atoms with E-state index in [1.54, 1.807) is 12.0 Å². The van der Waals surface area contributed by atoms with Crippen molar-refractivity contribution in [3.8, 4) is 0 Å². The van der Waals surface area contributed by atoms with Crippen molar-refractivity contribution < 1.29 is 9.53 Å². The van der Waals surface area contributed by atoms with E-state index in [9.17, 15) is 4.79 Å². The first-order valence-corrected chi connectivity index (χ1v) is 6.69. The number of nitrogens with zero attached hydrogens (tertiary/aromatic N) is 3. The van der Waals surface area contributed by atoms with Crippen LogP contribution in [0.5, 0.6) is 0 Å². The molecule has 0 saturated carbocycles. The highest BCUT2D eigenvalue weighted by molar-refractivity contribution is 5.92. The van der Waals surface area contributed by atoms with Gasteiger partial charge in [-0.2, -0.15) is 5.10 Å². The first-order valence-electron chi connectivity index (χ1n) is 6.69. The van der Waals surface area contributed by atoms with Crippen LogP contribution in [0.25, 0.3) is 0 Å². The minimum absolute atomic E-state index is 0.00369. The number of carbonyl (C=O) groups excluding carboxylic acids is 1. The number of hydrogen-bond acceptors (Lipinski definition) is 4. The molecule has 0 aromatic carbocycles. The van der Waals surface area contributed by atoms with Gasteiger partial charge in [-0.1, -0.05) is 0 Å². The molecular weight excluding hydrogens is 244 g/mol. The molecule has 2 atom stereocenters. The maximum absolute atomic E-state index is 12.4. The number of hydrogen-bond donors (Lipinski definition) is 1. The SMILES string of the molecule is CCn1nc(C(=O)N2CC[C@@H](N)[C@@H](OC)C2)cc1C.